The summed E-state index contributed by atoms with van der Waals surface area (Å²) in [6.07, 6.45) is 19.9. The Balaban J connectivity index is 1.10. The van der Waals surface area contributed by atoms with Crippen LogP contribution in [0.3, 0.4) is 0 Å². The van der Waals surface area contributed by atoms with Crippen LogP contribution in [0.4, 0.5) is 0 Å². The van der Waals surface area contributed by atoms with E-state index in [1.807, 2.05) is 0 Å². The molecule has 4 N–H and O–H groups in total. The highest BCUT2D eigenvalue weighted by Gasteiger charge is 2.85. The highest BCUT2D eigenvalue weighted by molar-refractivity contribution is 7.98. The van der Waals surface area contributed by atoms with E-state index in [4.69, 9.17) is 4.74 Å². The molecule has 5 amide bonds. The molecule has 5 aliphatic carbocycles. The minimum absolute atomic E-state index is 0.0108. The second kappa shape index (κ2) is 19.0. The number of ether oxygens (including phenoxy) is 1. The number of aliphatic imine (C=N–C) groups is 1. The molecule has 0 aromatic heterocycles. The van der Waals surface area contributed by atoms with E-state index in [9.17, 15) is 9.59 Å². The van der Waals surface area contributed by atoms with Gasteiger partial charge in [-0.3, -0.25) is 38.6 Å². The summed E-state index contributed by atoms with van der Waals surface area (Å²) in [7, 11) is 0. The Bertz CT molecular complexity index is 1910. The summed E-state index contributed by atoms with van der Waals surface area (Å²) in [5.74, 6) is -0.955. The summed E-state index contributed by atoms with van der Waals surface area (Å²) in [5.41, 5.74) is -4.10. The molecule has 3 saturated heterocycles. The Morgan fingerprint density at radius 2 is 1.39 bits per heavy atom. The molecule has 8 fully saturated rings. The quantitative estimate of drug-likeness (QED) is 0.0707. The SMILES string of the molecule is C=CC1(N=C)CC1(NC(=O)C1CC2(CN1C(=O)C(NC(=O)C(NC(=O)C1CCCCN1C(C)C)C1(C)CCCCC1)C1(C)CCOCC1)C(C)(C)C21CCC1)C(=O)NSC(C)C1CCCCC1. The van der Waals surface area contributed by atoms with Crippen LogP contribution in [0.15, 0.2) is 17.6 Å². The number of nitrogens with one attached hydrogen (secondary N) is 4. The third-order valence-electron chi connectivity index (χ3n) is 20.2. The first-order chi connectivity index (χ1) is 31.8. The number of carbonyl (C=O) groups is 5. The molecule has 5 saturated carbocycles. The molecule has 13 nitrogen and oxygen atoms in total. The summed E-state index contributed by atoms with van der Waals surface area (Å²) in [5, 5.41) is 10.1. The van der Waals surface area contributed by atoms with E-state index < -0.39 is 40.0 Å². The van der Waals surface area contributed by atoms with Gasteiger partial charge in [0.15, 0.2) is 5.54 Å². The first-order valence-corrected chi connectivity index (χ1v) is 27.3. The Hall–Kier alpha value is -2.97. The van der Waals surface area contributed by atoms with Crippen molar-refractivity contribution in [2.75, 3.05) is 26.3 Å². The fourth-order valence-electron chi connectivity index (χ4n) is 15.0. The fraction of sp³-hybridized carbons (Fsp3) is 0.849. The molecular weight excluding hydrogens is 863 g/mol. The lowest BCUT2D eigenvalue weighted by Gasteiger charge is -2.45. The number of amides is 5. The van der Waals surface area contributed by atoms with Gasteiger partial charge in [-0.1, -0.05) is 92.1 Å². The molecule has 0 bridgehead atoms. The van der Waals surface area contributed by atoms with Gasteiger partial charge in [-0.15, -0.1) is 6.58 Å². The van der Waals surface area contributed by atoms with Crippen molar-refractivity contribution in [2.24, 2.45) is 38.0 Å². The maximum Gasteiger partial charge on any atom is 0.258 e. The van der Waals surface area contributed by atoms with Crippen molar-refractivity contribution >= 4 is 48.2 Å². The summed E-state index contributed by atoms with van der Waals surface area (Å²) in [6.45, 7) is 25.2. The highest BCUT2D eigenvalue weighted by atomic mass is 32.2. The first kappa shape index (κ1) is 50.4. The van der Waals surface area contributed by atoms with Crippen LogP contribution in [-0.4, -0.2) is 119 Å². The number of hydrogen-bond acceptors (Lipinski definition) is 9. The van der Waals surface area contributed by atoms with Crippen LogP contribution in [0.1, 0.15) is 177 Å². The topological polar surface area (TPSA) is 162 Å². The summed E-state index contributed by atoms with van der Waals surface area (Å²) in [6, 6.07) is -2.85. The van der Waals surface area contributed by atoms with Crippen molar-refractivity contribution in [2.45, 2.75) is 223 Å². The lowest BCUT2D eigenvalue weighted by Crippen LogP contribution is -2.66. The average Bonchev–Trinajstić information content (AvgIpc) is 3.98. The highest BCUT2D eigenvalue weighted by Crippen LogP contribution is 2.88. The smallest absolute Gasteiger partial charge is 0.258 e. The molecule has 8 unspecified atom stereocenters. The largest absolute Gasteiger partial charge is 0.381 e. The molecule has 67 heavy (non-hydrogen) atoms. The van der Waals surface area contributed by atoms with E-state index >= 15 is 14.4 Å². The zero-order valence-electron chi connectivity index (χ0n) is 42.2. The molecule has 0 aromatic carbocycles. The van der Waals surface area contributed by atoms with Crippen LogP contribution < -0.4 is 20.7 Å². The zero-order chi connectivity index (χ0) is 48.2. The molecule has 8 atom stereocenters. The lowest BCUT2D eigenvalue weighted by atomic mass is 9.69. The number of likely N-dealkylation sites (tertiary alicyclic amines) is 2. The van der Waals surface area contributed by atoms with Gasteiger partial charge in [0.25, 0.3) is 5.91 Å². The van der Waals surface area contributed by atoms with Crippen molar-refractivity contribution < 1.29 is 28.7 Å². The van der Waals surface area contributed by atoms with E-state index in [0.29, 0.717) is 44.9 Å². The predicted molar refractivity (Wildman–Crippen MR) is 265 cm³/mol. The minimum atomic E-state index is -1.41. The monoisotopic (exact) mass is 948 g/mol. The fourth-order valence-corrected chi connectivity index (χ4v) is 15.9. The van der Waals surface area contributed by atoms with Gasteiger partial charge in [-0.2, -0.15) is 0 Å². The normalized spacial score (nSPS) is 34.2. The summed E-state index contributed by atoms with van der Waals surface area (Å²) in [4.78, 5) is 84.0. The van der Waals surface area contributed by atoms with Gasteiger partial charge in [0, 0.05) is 48.3 Å². The van der Waals surface area contributed by atoms with E-state index in [2.05, 4.69) is 92.3 Å². The minimum Gasteiger partial charge on any atom is -0.381 e. The first-order valence-electron chi connectivity index (χ1n) is 26.4. The Morgan fingerprint density at radius 3 is 1.97 bits per heavy atom. The molecule has 8 rings (SSSR count). The van der Waals surface area contributed by atoms with Crippen molar-refractivity contribution in [3.8, 4) is 0 Å². The van der Waals surface area contributed by atoms with Gasteiger partial charge in [0.05, 0.1) is 6.04 Å². The van der Waals surface area contributed by atoms with Crippen molar-refractivity contribution in [1.82, 2.24) is 30.5 Å². The standard InChI is InChI=1S/C53H85N7O6S/c1-10-52(54-9)33-53(52,46(65)58-67-36(4)37-20-13-11-14-21-37)57-43(62)39-32-51(47(5,6)50(51)25-19-26-50)34-60(39)45(64)41(49(8)27-30-66-31-28-49)56-44(63)40(48(7)23-16-12-17-24-48)55-42(61)38-22-15-18-29-59(38)35(2)3/h10,35-41H,1,9,11-34H2,2-8H3,(H,55,61)(H,56,63)(H,57,62)(H,58,65). The van der Waals surface area contributed by atoms with Gasteiger partial charge >= 0.3 is 0 Å². The molecule has 0 aromatic rings. The molecule has 8 aliphatic rings. The number of fused-ring (bicyclic) bond motifs is 1. The van der Waals surface area contributed by atoms with E-state index in [0.717, 1.165) is 90.0 Å². The number of nitrogens with zero attached hydrogens (tertiary/aromatic N) is 3. The number of rotatable bonds is 16. The van der Waals surface area contributed by atoms with Gasteiger partial charge in [0.2, 0.25) is 23.6 Å². The second-order valence-electron chi connectivity index (χ2n) is 24.0. The molecule has 3 aliphatic heterocycles. The Labute approximate surface area is 406 Å². The van der Waals surface area contributed by atoms with Gasteiger partial charge in [-0.05, 0) is 132 Å². The average molecular weight is 948 g/mol. The van der Waals surface area contributed by atoms with Crippen LogP contribution in [0, 0.1) is 33.0 Å². The molecule has 0 radical (unpaired) electrons. The maximum absolute atomic E-state index is 16.0. The van der Waals surface area contributed by atoms with Crippen molar-refractivity contribution in [3.05, 3.63) is 12.7 Å². The van der Waals surface area contributed by atoms with E-state index in [1.54, 1.807) is 11.0 Å². The molecule has 14 heteroatoms. The predicted octanol–water partition coefficient (Wildman–Crippen LogP) is 7.42. The van der Waals surface area contributed by atoms with E-state index in [-0.39, 0.29) is 69.5 Å². The van der Waals surface area contributed by atoms with Crippen LogP contribution >= 0.6 is 11.9 Å². The third-order valence-corrected chi connectivity index (χ3v) is 21.2. The van der Waals surface area contributed by atoms with Crippen molar-refractivity contribution in [1.29, 1.82) is 0 Å². The third kappa shape index (κ3) is 8.52. The van der Waals surface area contributed by atoms with Crippen LogP contribution in [-0.2, 0) is 28.7 Å². The Morgan fingerprint density at radius 1 is 0.746 bits per heavy atom. The number of hydrogen-bond donors (Lipinski definition) is 4. The molecular formula is C53H85N7O6S. The van der Waals surface area contributed by atoms with Crippen molar-refractivity contribution in [3.63, 3.8) is 0 Å². The van der Waals surface area contributed by atoms with Crippen LogP contribution in [0.5, 0.6) is 0 Å². The summed E-state index contributed by atoms with van der Waals surface area (Å²) >= 11 is 1.42. The lowest BCUT2D eigenvalue weighted by molar-refractivity contribution is -0.148. The zero-order valence-corrected chi connectivity index (χ0v) is 43.0. The van der Waals surface area contributed by atoms with Crippen LogP contribution in [0.25, 0.3) is 0 Å². The van der Waals surface area contributed by atoms with Crippen LogP contribution in [0.2, 0.25) is 0 Å². The molecule has 3 heterocycles. The second-order valence-corrected chi connectivity index (χ2v) is 25.2. The van der Waals surface area contributed by atoms with Gasteiger partial charge in [-0.25, -0.2) is 0 Å². The summed E-state index contributed by atoms with van der Waals surface area (Å²) < 4.78 is 9.02. The molecule has 2 spiro atoms. The van der Waals surface area contributed by atoms with Gasteiger partial charge in [0.1, 0.15) is 23.7 Å². The van der Waals surface area contributed by atoms with Gasteiger partial charge < -0.3 is 25.6 Å². The number of carbonyl (C=O) groups excluding carboxylic acids is 5. The van der Waals surface area contributed by atoms with E-state index in [1.165, 1.54) is 31.2 Å². The maximum atomic E-state index is 16.0. The molecule has 374 valence electrons. The Kier molecular flexibility index (Phi) is 14.3. The number of piperidine rings is 1.